The lowest BCUT2D eigenvalue weighted by Crippen LogP contribution is -2.51. The van der Waals surface area contributed by atoms with Crippen molar-refractivity contribution < 1.29 is 9.53 Å². The molecule has 2 bridgehead atoms. The molecule has 1 aromatic carbocycles. The van der Waals surface area contributed by atoms with Crippen LogP contribution in [0.25, 0.3) is 11.4 Å². The molecule has 1 saturated heterocycles. The SMILES string of the molecule is Cc1cnc(OC2CC3CC2N(C(=O)c2ccccc2-c2ncccn2)C3C)cn1. The maximum Gasteiger partial charge on any atom is 0.255 e. The van der Waals surface area contributed by atoms with Crippen molar-refractivity contribution in [3.05, 3.63) is 66.4 Å². The van der Waals surface area contributed by atoms with Gasteiger partial charge >= 0.3 is 0 Å². The summed E-state index contributed by atoms with van der Waals surface area (Å²) in [6, 6.07) is 9.50. The molecule has 2 fully saturated rings. The molecule has 3 heterocycles. The number of carbonyl (C=O) groups is 1. The fourth-order valence-electron chi connectivity index (χ4n) is 4.73. The largest absolute Gasteiger partial charge is 0.471 e. The molecule has 1 amide bonds. The molecule has 7 heteroatoms. The molecule has 0 radical (unpaired) electrons. The van der Waals surface area contributed by atoms with Crippen molar-refractivity contribution in [2.24, 2.45) is 5.92 Å². The Morgan fingerprint density at radius 1 is 1.03 bits per heavy atom. The number of carbonyl (C=O) groups excluding carboxylic acids is 1. The normalized spacial score (nSPS) is 24.8. The molecule has 4 unspecified atom stereocenters. The Balaban J connectivity index is 1.43. The molecule has 0 spiro atoms. The van der Waals surface area contributed by atoms with E-state index in [-0.39, 0.29) is 24.1 Å². The van der Waals surface area contributed by atoms with Crippen molar-refractivity contribution in [1.29, 1.82) is 0 Å². The van der Waals surface area contributed by atoms with Gasteiger partial charge in [-0.05, 0) is 44.7 Å². The summed E-state index contributed by atoms with van der Waals surface area (Å²) in [5.41, 5.74) is 2.22. The number of aromatic nitrogens is 4. The van der Waals surface area contributed by atoms with Crippen molar-refractivity contribution in [2.75, 3.05) is 0 Å². The summed E-state index contributed by atoms with van der Waals surface area (Å²) >= 11 is 0. The number of fused-ring (bicyclic) bond motifs is 2. The molecular formula is C23H23N5O2. The Morgan fingerprint density at radius 3 is 2.57 bits per heavy atom. The van der Waals surface area contributed by atoms with E-state index in [0.29, 0.717) is 23.2 Å². The van der Waals surface area contributed by atoms with Crippen molar-refractivity contribution in [2.45, 2.75) is 44.9 Å². The fraction of sp³-hybridized carbons (Fsp3) is 0.348. The molecule has 2 aliphatic rings. The summed E-state index contributed by atoms with van der Waals surface area (Å²) in [6.45, 7) is 4.02. The smallest absolute Gasteiger partial charge is 0.255 e. The number of rotatable bonds is 4. The first-order valence-electron chi connectivity index (χ1n) is 10.3. The van der Waals surface area contributed by atoms with Gasteiger partial charge in [0.05, 0.1) is 29.7 Å². The highest BCUT2D eigenvalue weighted by Gasteiger charge is 2.52. The number of likely N-dealkylation sites (tertiary alicyclic amines) is 1. The van der Waals surface area contributed by atoms with Gasteiger partial charge in [0.25, 0.3) is 5.91 Å². The lowest BCUT2D eigenvalue weighted by atomic mass is 9.97. The highest BCUT2D eigenvalue weighted by atomic mass is 16.5. The summed E-state index contributed by atoms with van der Waals surface area (Å²) in [6.07, 6.45) is 8.53. The number of benzene rings is 1. The van der Waals surface area contributed by atoms with E-state index in [4.69, 9.17) is 4.74 Å². The Kier molecular flexibility index (Phi) is 4.65. The third-order valence-electron chi connectivity index (χ3n) is 6.21. The first-order chi connectivity index (χ1) is 14.6. The molecule has 152 valence electrons. The van der Waals surface area contributed by atoms with E-state index in [2.05, 4.69) is 26.9 Å². The van der Waals surface area contributed by atoms with Crippen molar-refractivity contribution in [3.63, 3.8) is 0 Å². The minimum absolute atomic E-state index is 0.00124. The van der Waals surface area contributed by atoms with Gasteiger partial charge in [0, 0.05) is 24.0 Å². The quantitative estimate of drug-likeness (QED) is 0.667. The van der Waals surface area contributed by atoms with Crippen molar-refractivity contribution in [3.8, 4) is 17.3 Å². The van der Waals surface area contributed by atoms with Crippen LogP contribution in [0.2, 0.25) is 0 Å². The van der Waals surface area contributed by atoms with Crippen LogP contribution in [-0.4, -0.2) is 48.9 Å². The average molecular weight is 401 g/mol. The summed E-state index contributed by atoms with van der Waals surface area (Å²) < 4.78 is 6.15. The second kappa shape index (κ2) is 7.48. The molecule has 0 N–H and O–H groups in total. The lowest BCUT2D eigenvalue weighted by Gasteiger charge is -2.38. The molecule has 1 saturated carbocycles. The minimum Gasteiger partial charge on any atom is -0.471 e. The summed E-state index contributed by atoms with van der Waals surface area (Å²) in [5, 5.41) is 0. The minimum atomic E-state index is -0.0766. The second-order valence-electron chi connectivity index (χ2n) is 8.02. The third-order valence-corrected chi connectivity index (χ3v) is 6.21. The number of hydrogen-bond acceptors (Lipinski definition) is 6. The van der Waals surface area contributed by atoms with Crippen LogP contribution >= 0.6 is 0 Å². The Labute approximate surface area is 175 Å². The van der Waals surface area contributed by atoms with Gasteiger partial charge in [0.2, 0.25) is 5.88 Å². The molecule has 7 nitrogen and oxygen atoms in total. The van der Waals surface area contributed by atoms with Gasteiger partial charge in [0.1, 0.15) is 6.10 Å². The molecule has 5 rings (SSSR count). The van der Waals surface area contributed by atoms with E-state index in [1.807, 2.05) is 36.1 Å². The van der Waals surface area contributed by atoms with Crippen LogP contribution < -0.4 is 4.74 Å². The first-order valence-corrected chi connectivity index (χ1v) is 10.3. The van der Waals surface area contributed by atoms with Crippen LogP contribution in [0.15, 0.2) is 55.1 Å². The zero-order valence-electron chi connectivity index (χ0n) is 17.0. The van der Waals surface area contributed by atoms with E-state index < -0.39 is 0 Å². The van der Waals surface area contributed by atoms with Gasteiger partial charge in [-0.25, -0.2) is 15.0 Å². The third kappa shape index (κ3) is 3.20. The van der Waals surface area contributed by atoms with Gasteiger partial charge in [0.15, 0.2) is 5.82 Å². The maximum absolute atomic E-state index is 13.7. The molecule has 1 aliphatic heterocycles. The highest BCUT2D eigenvalue weighted by Crippen LogP contribution is 2.44. The van der Waals surface area contributed by atoms with E-state index in [0.717, 1.165) is 24.1 Å². The first kappa shape index (κ1) is 18.7. The van der Waals surface area contributed by atoms with Gasteiger partial charge in [-0.15, -0.1) is 0 Å². The predicted molar refractivity (Wildman–Crippen MR) is 111 cm³/mol. The summed E-state index contributed by atoms with van der Waals surface area (Å²) in [5.74, 6) is 1.49. The second-order valence-corrected chi connectivity index (χ2v) is 8.02. The maximum atomic E-state index is 13.7. The number of piperidine rings is 1. The molecule has 1 aliphatic carbocycles. The van der Waals surface area contributed by atoms with Gasteiger partial charge in [-0.2, -0.15) is 0 Å². The van der Waals surface area contributed by atoms with Gasteiger partial charge < -0.3 is 9.64 Å². The monoisotopic (exact) mass is 401 g/mol. The van der Waals surface area contributed by atoms with Crippen LogP contribution in [0.5, 0.6) is 5.88 Å². The Hall–Kier alpha value is -3.35. The van der Waals surface area contributed by atoms with Crippen LogP contribution in [0, 0.1) is 12.8 Å². The summed E-state index contributed by atoms with van der Waals surface area (Å²) in [7, 11) is 0. The van der Waals surface area contributed by atoms with Gasteiger partial charge in [-0.3, -0.25) is 9.78 Å². The lowest BCUT2D eigenvalue weighted by molar-refractivity contribution is 0.0313. The predicted octanol–water partition coefficient (Wildman–Crippen LogP) is 3.31. The van der Waals surface area contributed by atoms with E-state index >= 15 is 0 Å². The van der Waals surface area contributed by atoms with Gasteiger partial charge in [-0.1, -0.05) is 18.2 Å². The molecular weight excluding hydrogens is 378 g/mol. The molecule has 4 atom stereocenters. The molecule has 3 aromatic rings. The number of ether oxygens (including phenoxy) is 1. The number of hydrogen-bond donors (Lipinski definition) is 0. The van der Waals surface area contributed by atoms with E-state index in [1.165, 1.54) is 0 Å². The number of nitrogens with zero attached hydrogens (tertiary/aromatic N) is 5. The summed E-state index contributed by atoms with van der Waals surface area (Å²) in [4.78, 5) is 32.9. The standard InChI is InChI=1S/C23H23N5O2/c1-14-12-27-21(13-26-14)30-20-11-16-10-19(20)28(15(16)2)23(29)18-7-4-3-6-17(18)22-24-8-5-9-25-22/h3-9,12-13,15-16,19-20H,10-11H2,1-2H3. The Morgan fingerprint density at radius 2 is 1.83 bits per heavy atom. The average Bonchev–Trinajstić information content (AvgIpc) is 3.33. The van der Waals surface area contributed by atoms with Crippen LogP contribution in [0.3, 0.4) is 0 Å². The zero-order chi connectivity index (χ0) is 20.7. The zero-order valence-corrected chi connectivity index (χ0v) is 17.0. The number of amides is 1. The Bertz CT molecular complexity index is 1060. The van der Waals surface area contributed by atoms with Crippen LogP contribution in [-0.2, 0) is 0 Å². The van der Waals surface area contributed by atoms with Crippen molar-refractivity contribution in [1.82, 2.24) is 24.8 Å². The van der Waals surface area contributed by atoms with E-state index in [1.54, 1.807) is 30.9 Å². The molecule has 2 aromatic heterocycles. The van der Waals surface area contributed by atoms with E-state index in [9.17, 15) is 4.79 Å². The van der Waals surface area contributed by atoms with Crippen LogP contribution in [0.1, 0.15) is 35.8 Å². The molecule has 30 heavy (non-hydrogen) atoms. The van der Waals surface area contributed by atoms with Crippen LogP contribution in [0.4, 0.5) is 0 Å². The highest BCUT2D eigenvalue weighted by molar-refractivity contribution is 6.00. The topological polar surface area (TPSA) is 81.1 Å². The fourth-order valence-corrected chi connectivity index (χ4v) is 4.73. The number of aryl methyl sites for hydroxylation is 1. The van der Waals surface area contributed by atoms with Crippen molar-refractivity contribution >= 4 is 5.91 Å².